The van der Waals surface area contributed by atoms with Gasteiger partial charge in [-0.1, -0.05) is 0 Å². The van der Waals surface area contributed by atoms with E-state index in [0.29, 0.717) is 4.90 Å². The van der Waals surface area contributed by atoms with Gasteiger partial charge in [0.15, 0.2) is 0 Å². The molecule has 82 valence electrons. The second-order valence-electron chi connectivity index (χ2n) is 2.97. The zero-order valence-corrected chi connectivity index (χ0v) is 9.31. The predicted molar refractivity (Wildman–Crippen MR) is 58.1 cm³/mol. The molecule has 0 saturated heterocycles. The summed E-state index contributed by atoms with van der Waals surface area (Å²) in [6.07, 6.45) is 0. The number of carbonyl (C=O) groups excluding carboxylic acids is 1. The molecular formula is C10H12FNO2S. The molecule has 5 heteroatoms. The Morgan fingerprint density at radius 2 is 2.27 bits per heavy atom. The lowest BCUT2D eigenvalue weighted by Gasteiger charge is -2.08. The molecule has 3 nitrogen and oxygen atoms in total. The van der Waals surface area contributed by atoms with E-state index in [4.69, 9.17) is 5.73 Å². The number of hydrogen-bond donors (Lipinski definition) is 1. The van der Waals surface area contributed by atoms with Crippen LogP contribution >= 0.6 is 11.8 Å². The Kier molecular flexibility index (Phi) is 3.96. The van der Waals surface area contributed by atoms with Gasteiger partial charge in [-0.2, -0.15) is 0 Å². The summed E-state index contributed by atoms with van der Waals surface area (Å²) < 4.78 is 17.6. The first kappa shape index (κ1) is 11.8. The summed E-state index contributed by atoms with van der Waals surface area (Å²) in [4.78, 5) is 11.8. The standard InChI is InChI=1S/C10H12FNO2S/c1-6(10(13)14-2)15-7-3-4-9(12)8(11)5-7/h3-6H,12H2,1-2H3. The molecule has 1 rings (SSSR count). The number of thioether (sulfide) groups is 1. The van der Waals surface area contributed by atoms with Gasteiger partial charge in [0.25, 0.3) is 0 Å². The molecule has 0 aliphatic carbocycles. The van der Waals surface area contributed by atoms with Crippen molar-refractivity contribution in [2.24, 2.45) is 0 Å². The van der Waals surface area contributed by atoms with Crippen LogP contribution < -0.4 is 5.73 Å². The maximum absolute atomic E-state index is 13.1. The molecule has 0 heterocycles. The second kappa shape index (κ2) is 5.02. The molecule has 0 fully saturated rings. The summed E-state index contributed by atoms with van der Waals surface area (Å²) in [6, 6.07) is 4.45. The number of nitrogens with two attached hydrogens (primary N) is 1. The molecule has 1 unspecified atom stereocenters. The largest absolute Gasteiger partial charge is 0.468 e. The first-order valence-electron chi connectivity index (χ1n) is 4.34. The quantitative estimate of drug-likeness (QED) is 0.489. The van der Waals surface area contributed by atoms with Crippen LogP contribution in [0.4, 0.5) is 10.1 Å². The fraction of sp³-hybridized carbons (Fsp3) is 0.300. The highest BCUT2D eigenvalue weighted by Crippen LogP contribution is 2.26. The third kappa shape index (κ3) is 3.13. The Morgan fingerprint density at radius 1 is 1.60 bits per heavy atom. The molecular weight excluding hydrogens is 217 g/mol. The van der Waals surface area contributed by atoms with E-state index in [1.165, 1.54) is 31.0 Å². The topological polar surface area (TPSA) is 52.3 Å². The van der Waals surface area contributed by atoms with Gasteiger partial charge in [0.2, 0.25) is 0 Å². The number of nitrogen functional groups attached to an aromatic ring is 1. The van der Waals surface area contributed by atoms with Crippen molar-refractivity contribution < 1.29 is 13.9 Å². The maximum Gasteiger partial charge on any atom is 0.318 e. The first-order valence-corrected chi connectivity index (χ1v) is 5.22. The predicted octanol–water partition coefficient (Wildman–Crippen LogP) is 2.06. The van der Waals surface area contributed by atoms with Crippen LogP contribution in [0.3, 0.4) is 0 Å². The van der Waals surface area contributed by atoms with Crippen molar-refractivity contribution in [3.63, 3.8) is 0 Å². The molecule has 0 aliphatic rings. The van der Waals surface area contributed by atoms with Gasteiger partial charge in [-0.3, -0.25) is 4.79 Å². The van der Waals surface area contributed by atoms with Crippen LogP contribution in [0, 0.1) is 5.82 Å². The van der Waals surface area contributed by atoms with Crippen molar-refractivity contribution in [1.29, 1.82) is 0 Å². The van der Waals surface area contributed by atoms with Crippen LogP contribution in [-0.2, 0) is 9.53 Å². The molecule has 1 aromatic rings. The van der Waals surface area contributed by atoms with Gasteiger partial charge in [0, 0.05) is 4.90 Å². The molecule has 0 bridgehead atoms. The van der Waals surface area contributed by atoms with Crippen LogP contribution in [0.25, 0.3) is 0 Å². The van der Waals surface area contributed by atoms with E-state index in [9.17, 15) is 9.18 Å². The third-order valence-electron chi connectivity index (χ3n) is 1.82. The Hall–Kier alpha value is -1.23. The lowest BCUT2D eigenvalue weighted by molar-refractivity contribution is -0.139. The Labute approximate surface area is 91.8 Å². The molecule has 0 radical (unpaired) electrons. The van der Waals surface area contributed by atoms with Gasteiger partial charge >= 0.3 is 5.97 Å². The van der Waals surface area contributed by atoms with Gasteiger partial charge in [0.1, 0.15) is 11.1 Å². The molecule has 1 aromatic carbocycles. The van der Waals surface area contributed by atoms with E-state index in [0.717, 1.165) is 0 Å². The average molecular weight is 229 g/mol. The third-order valence-corrected chi connectivity index (χ3v) is 2.89. The highest BCUT2D eigenvalue weighted by atomic mass is 32.2. The summed E-state index contributed by atoms with van der Waals surface area (Å²) in [5.74, 6) is -0.811. The fourth-order valence-corrected chi connectivity index (χ4v) is 1.92. The second-order valence-corrected chi connectivity index (χ2v) is 4.38. The van der Waals surface area contributed by atoms with Crippen molar-refractivity contribution in [3.8, 4) is 0 Å². The minimum atomic E-state index is -0.475. The molecule has 2 N–H and O–H groups in total. The van der Waals surface area contributed by atoms with Crippen LogP contribution in [0.5, 0.6) is 0 Å². The minimum absolute atomic E-state index is 0.102. The zero-order chi connectivity index (χ0) is 11.4. The Bertz CT molecular complexity index is 370. The molecule has 0 amide bonds. The normalized spacial score (nSPS) is 12.2. The summed E-state index contributed by atoms with van der Waals surface area (Å²) in [5.41, 5.74) is 5.43. The summed E-state index contributed by atoms with van der Waals surface area (Å²) in [5, 5.41) is -0.363. The van der Waals surface area contributed by atoms with E-state index < -0.39 is 5.82 Å². The van der Waals surface area contributed by atoms with Gasteiger partial charge in [-0.15, -0.1) is 11.8 Å². The van der Waals surface area contributed by atoms with Gasteiger partial charge < -0.3 is 10.5 Å². The average Bonchev–Trinajstić information content (AvgIpc) is 2.22. The monoisotopic (exact) mass is 229 g/mol. The Morgan fingerprint density at radius 3 is 2.80 bits per heavy atom. The van der Waals surface area contributed by atoms with Crippen LogP contribution in [0.1, 0.15) is 6.92 Å². The number of ether oxygens (including phenoxy) is 1. The minimum Gasteiger partial charge on any atom is -0.468 e. The molecule has 0 aromatic heterocycles. The molecule has 0 spiro atoms. The Balaban J connectivity index is 2.73. The number of rotatable bonds is 3. The van der Waals surface area contributed by atoms with E-state index in [1.807, 2.05) is 0 Å². The molecule has 0 saturated carbocycles. The number of methoxy groups -OCH3 is 1. The lowest BCUT2D eigenvalue weighted by Crippen LogP contribution is -2.14. The molecule has 15 heavy (non-hydrogen) atoms. The maximum atomic E-state index is 13.1. The lowest BCUT2D eigenvalue weighted by atomic mass is 10.3. The first-order chi connectivity index (χ1) is 7.04. The fourth-order valence-electron chi connectivity index (χ4n) is 0.999. The van der Waals surface area contributed by atoms with Crippen molar-refractivity contribution in [2.75, 3.05) is 12.8 Å². The van der Waals surface area contributed by atoms with Crippen LogP contribution in [-0.4, -0.2) is 18.3 Å². The van der Waals surface area contributed by atoms with E-state index in [2.05, 4.69) is 4.74 Å². The van der Waals surface area contributed by atoms with Crippen molar-refractivity contribution in [3.05, 3.63) is 24.0 Å². The van der Waals surface area contributed by atoms with Crippen LogP contribution in [0.2, 0.25) is 0 Å². The van der Waals surface area contributed by atoms with Gasteiger partial charge in [-0.05, 0) is 25.1 Å². The number of benzene rings is 1. The van der Waals surface area contributed by atoms with E-state index in [-0.39, 0.29) is 16.9 Å². The smallest absolute Gasteiger partial charge is 0.318 e. The zero-order valence-electron chi connectivity index (χ0n) is 8.49. The number of hydrogen-bond acceptors (Lipinski definition) is 4. The summed E-state index contributed by atoms with van der Waals surface area (Å²) in [7, 11) is 1.32. The summed E-state index contributed by atoms with van der Waals surface area (Å²) >= 11 is 1.23. The van der Waals surface area contributed by atoms with Crippen molar-refractivity contribution in [2.45, 2.75) is 17.1 Å². The van der Waals surface area contributed by atoms with Gasteiger partial charge in [0.05, 0.1) is 12.8 Å². The number of halogens is 1. The highest BCUT2D eigenvalue weighted by molar-refractivity contribution is 8.00. The van der Waals surface area contributed by atoms with E-state index in [1.54, 1.807) is 13.0 Å². The highest BCUT2D eigenvalue weighted by Gasteiger charge is 2.14. The number of anilines is 1. The molecule has 0 aliphatic heterocycles. The number of carbonyl (C=O) groups is 1. The number of esters is 1. The van der Waals surface area contributed by atoms with Gasteiger partial charge in [-0.25, -0.2) is 4.39 Å². The van der Waals surface area contributed by atoms with Crippen LogP contribution in [0.15, 0.2) is 23.1 Å². The van der Waals surface area contributed by atoms with E-state index >= 15 is 0 Å². The van der Waals surface area contributed by atoms with Crippen molar-refractivity contribution in [1.82, 2.24) is 0 Å². The molecule has 1 atom stereocenters. The SMILES string of the molecule is COC(=O)C(C)Sc1ccc(N)c(F)c1. The summed E-state index contributed by atoms with van der Waals surface area (Å²) in [6.45, 7) is 1.70. The van der Waals surface area contributed by atoms with Crippen molar-refractivity contribution >= 4 is 23.4 Å².